The van der Waals surface area contributed by atoms with Gasteiger partial charge in [-0.05, 0) is 13.8 Å². The van der Waals surface area contributed by atoms with Gasteiger partial charge in [-0.2, -0.15) is 5.26 Å². The quantitative estimate of drug-likeness (QED) is 0.326. The maximum atomic E-state index is 10.9. The van der Waals surface area contributed by atoms with Crippen molar-refractivity contribution in [3.63, 3.8) is 0 Å². The van der Waals surface area contributed by atoms with Gasteiger partial charge < -0.3 is 15.1 Å². The molecule has 0 aliphatic carbocycles. The molecule has 0 unspecified atom stereocenters. The Morgan fingerprint density at radius 1 is 1.00 bits per heavy atom. The Hall–Kier alpha value is -4.86. The summed E-state index contributed by atoms with van der Waals surface area (Å²) in [7, 11) is 0. The van der Waals surface area contributed by atoms with Crippen LogP contribution < -0.4 is 0 Å². The summed E-state index contributed by atoms with van der Waals surface area (Å²) in [6.45, 7) is 3.15. The molecule has 13 nitrogen and oxygen atoms in total. The van der Waals surface area contributed by atoms with E-state index in [1.54, 1.807) is 6.92 Å². The van der Waals surface area contributed by atoms with Gasteiger partial charge >= 0.3 is 5.97 Å². The largest absolute Gasteiger partial charge is 0.478 e. The second kappa shape index (κ2) is 7.87. The van der Waals surface area contributed by atoms with Gasteiger partial charge in [-0.1, -0.05) is 0 Å². The van der Waals surface area contributed by atoms with E-state index in [2.05, 4.69) is 19.9 Å². The number of H-pyrrole nitrogens is 2. The summed E-state index contributed by atoms with van der Waals surface area (Å²) in [5, 5.41) is 39.2. The summed E-state index contributed by atoms with van der Waals surface area (Å²) in [6, 6.07) is 4.20. The Bertz CT molecular complexity index is 1410. The average molecular weight is 423 g/mol. The van der Waals surface area contributed by atoms with E-state index in [1.165, 1.54) is 25.6 Å². The zero-order valence-electron chi connectivity index (χ0n) is 16.0. The van der Waals surface area contributed by atoms with Crippen LogP contribution >= 0.6 is 0 Å². The molecular weight excluding hydrogens is 410 g/mol. The SMILES string of the molecule is Cc1c([N+](=O)[O-])cc(C#N)c2[nH]cnc12.Cc1c([N+](=O)[O-])cc(C(=O)O)c2[nH]cnc12. The second-order valence-electron chi connectivity index (χ2n) is 6.32. The molecule has 2 heterocycles. The van der Waals surface area contributed by atoms with Crippen LogP contribution in [-0.2, 0) is 0 Å². The lowest BCUT2D eigenvalue weighted by Crippen LogP contribution is -2.01. The molecule has 0 fully saturated rings. The first kappa shape index (κ1) is 20.9. The topological polar surface area (TPSA) is 205 Å². The summed E-state index contributed by atoms with van der Waals surface area (Å²) in [6.07, 6.45) is 2.73. The van der Waals surface area contributed by atoms with Crippen LogP contribution in [0.4, 0.5) is 11.4 Å². The minimum Gasteiger partial charge on any atom is -0.478 e. The smallest absolute Gasteiger partial charge is 0.338 e. The van der Waals surface area contributed by atoms with E-state index in [1.807, 2.05) is 6.07 Å². The van der Waals surface area contributed by atoms with Crippen molar-refractivity contribution < 1.29 is 19.7 Å². The van der Waals surface area contributed by atoms with Crippen LogP contribution in [0, 0.1) is 45.4 Å². The van der Waals surface area contributed by atoms with Crippen LogP contribution in [-0.4, -0.2) is 40.9 Å². The van der Waals surface area contributed by atoms with Crippen molar-refractivity contribution in [3.05, 3.63) is 67.3 Å². The maximum Gasteiger partial charge on any atom is 0.338 e. The van der Waals surface area contributed by atoms with E-state index in [4.69, 9.17) is 10.4 Å². The molecular formula is C18H13N7O6. The number of nitro benzene ring substituents is 2. The minimum atomic E-state index is -1.22. The normalized spacial score (nSPS) is 10.4. The molecule has 0 aliphatic heterocycles. The van der Waals surface area contributed by atoms with Crippen molar-refractivity contribution in [2.45, 2.75) is 13.8 Å². The van der Waals surface area contributed by atoms with E-state index in [0.29, 0.717) is 33.2 Å². The van der Waals surface area contributed by atoms with Crippen molar-refractivity contribution in [3.8, 4) is 6.07 Å². The molecule has 13 heteroatoms. The van der Waals surface area contributed by atoms with Crippen molar-refractivity contribution >= 4 is 39.4 Å². The number of nitriles is 1. The Morgan fingerprint density at radius 2 is 1.48 bits per heavy atom. The van der Waals surface area contributed by atoms with Gasteiger partial charge in [0.25, 0.3) is 11.4 Å². The standard InChI is InChI=1S/C9H6N4O2.C9H7N3O4/c1-5-7(13(14)15)2-6(3-10)9-8(5)11-4-12-9;1-4-6(12(15)16)2-5(9(13)14)8-7(4)10-3-11-8/h2,4H,1H3,(H,11,12);2-3H,1H3,(H,10,11)(H,13,14). The molecule has 0 atom stereocenters. The number of aromatic nitrogens is 4. The highest BCUT2D eigenvalue weighted by molar-refractivity contribution is 6.03. The van der Waals surface area contributed by atoms with Gasteiger partial charge in [0.2, 0.25) is 0 Å². The molecule has 3 N–H and O–H groups in total. The van der Waals surface area contributed by atoms with Crippen molar-refractivity contribution in [2.24, 2.45) is 0 Å². The lowest BCUT2D eigenvalue weighted by Gasteiger charge is -2.01. The number of aromatic amines is 2. The summed E-state index contributed by atoms with van der Waals surface area (Å²) < 4.78 is 0. The molecule has 0 aliphatic rings. The summed E-state index contributed by atoms with van der Waals surface area (Å²) >= 11 is 0. The summed E-state index contributed by atoms with van der Waals surface area (Å²) in [5.41, 5.74) is 2.22. The van der Waals surface area contributed by atoms with Crippen LogP contribution in [0.25, 0.3) is 22.1 Å². The molecule has 31 heavy (non-hydrogen) atoms. The monoisotopic (exact) mass is 423 g/mol. The number of benzene rings is 2. The van der Waals surface area contributed by atoms with E-state index in [0.717, 1.165) is 6.07 Å². The third-order valence-electron chi connectivity index (χ3n) is 4.60. The number of aryl methyl sites for hydroxylation is 2. The number of carboxylic acids is 1. The van der Waals surface area contributed by atoms with E-state index >= 15 is 0 Å². The van der Waals surface area contributed by atoms with Gasteiger partial charge in [0, 0.05) is 12.1 Å². The number of nitrogens with zero attached hydrogens (tertiary/aromatic N) is 5. The Kier molecular flexibility index (Phi) is 5.30. The molecule has 4 rings (SSSR count). The molecule has 156 valence electrons. The zero-order valence-corrected chi connectivity index (χ0v) is 16.0. The highest BCUT2D eigenvalue weighted by Crippen LogP contribution is 2.29. The van der Waals surface area contributed by atoms with Crippen LogP contribution in [0.2, 0.25) is 0 Å². The molecule has 0 saturated carbocycles. The minimum absolute atomic E-state index is 0.0776. The predicted octanol–water partition coefficient (Wildman–Crippen LogP) is 3.13. The van der Waals surface area contributed by atoms with Crippen LogP contribution in [0.1, 0.15) is 27.0 Å². The Morgan fingerprint density at radius 3 is 1.97 bits per heavy atom. The number of fused-ring (bicyclic) bond motifs is 2. The highest BCUT2D eigenvalue weighted by atomic mass is 16.6. The molecule has 2 aromatic heterocycles. The van der Waals surface area contributed by atoms with Gasteiger partial charge in [0.1, 0.15) is 6.07 Å². The zero-order chi connectivity index (χ0) is 22.9. The number of aromatic carboxylic acids is 1. The molecule has 0 amide bonds. The van der Waals surface area contributed by atoms with Gasteiger partial charge in [0.15, 0.2) is 0 Å². The molecule has 2 aromatic carbocycles. The van der Waals surface area contributed by atoms with Crippen LogP contribution in [0.15, 0.2) is 24.8 Å². The van der Waals surface area contributed by atoms with E-state index in [9.17, 15) is 25.0 Å². The summed E-state index contributed by atoms with van der Waals surface area (Å²) in [5.74, 6) is -1.22. The van der Waals surface area contributed by atoms with E-state index < -0.39 is 15.8 Å². The van der Waals surface area contributed by atoms with Crippen molar-refractivity contribution in [1.82, 2.24) is 19.9 Å². The molecule has 0 spiro atoms. The number of nitrogens with one attached hydrogen (secondary N) is 2. The fourth-order valence-corrected chi connectivity index (χ4v) is 3.08. The Labute approximate surface area is 172 Å². The number of hydrogen-bond donors (Lipinski definition) is 3. The fraction of sp³-hybridized carbons (Fsp3) is 0.111. The highest BCUT2D eigenvalue weighted by Gasteiger charge is 2.22. The lowest BCUT2D eigenvalue weighted by atomic mass is 10.1. The van der Waals surface area contributed by atoms with E-state index in [-0.39, 0.29) is 22.5 Å². The van der Waals surface area contributed by atoms with Gasteiger partial charge in [-0.25, -0.2) is 14.8 Å². The number of nitro groups is 2. The molecule has 4 aromatic rings. The third kappa shape index (κ3) is 3.60. The summed E-state index contributed by atoms with van der Waals surface area (Å²) in [4.78, 5) is 44.5. The van der Waals surface area contributed by atoms with Crippen LogP contribution in [0.3, 0.4) is 0 Å². The molecule has 0 radical (unpaired) electrons. The first-order valence-corrected chi connectivity index (χ1v) is 8.52. The van der Waals surface area contributed by atoms with Gasteiger partial charge in [0.05, 0.1) is 66.8 Å². The number of carboxylic acid groups (broad SMARTS) is 1. The van der Waals surface area contributed by atoms with Crippen molar-refractivity contribution in [1.29, 1.82) is 5.26 Å². The average Bonchev–Trinajstić information content (AvgIpc) is 3.39. The first-order valence-electron chi connectivity index (χ1n) is 8.52. The predicted molar refractivity (Wildman–Crippen MR) is 107 cm³/mol. The number of carbonyl (C=O) groups is 1. The maximum absolute atomic E-state index is 10.9. The lowest BCUT2D eigenvalue weighted by molar-refractivity contribution is -0.385. The first-order chi connectivity index (χ1) is 14.7. The Balaban J connectivity index is 0.000000176. The molecule has 0 saturated heterocycles. The number of imidazole rings is 2. The fourth-order valence-electron chi connectivity index (χ4n) is 3.08. The number of rotatable bonds is 3. The second-order valence-corrected chi connectivity index (χ2v) is 6.32. The third-order valence-corrected chi connectivity index (χ3v) is 4.60. The van der Waals surface area contributed by atoms with Crippen molar-refractivity contribution in [2.75, 3.05) is 0 Å². The molecule has 0 bridgehead atoms. The van der Waals surface area contributed by atoms with Gasteiger partial charge in [-0.15, -0.1) is 0 Å². The van der Waals surface area contributed by atoms with Gasteiger partial charge in [-0.3, -0.25) is 20.2 Å². The number of hydrogen-bond acceptors (Lipinski definition) is 8. The van der Waals surface area contributed by atoms with Crippen LogP contribution in [0.5, 0.6) is 0 Å².